The van der Waals surface area contributed by atoms with Crippen LogP contribution in [0.2, 0.25) is 0 Å². The van der Waals surface area contributed by atoms with Crippen LogP contribution in [0, 0.1) is 3.70 Å². The summed E-state index contributed by atoms with van der Waals surface area (Å²) in [6.45, 7) is 0. The Kier molecular flexibility index (Phi) is 13.0. The fourth-order valence-corrected chi connectivity index (χ4v) is 6.03. The van der Waals surface area contributed by atoms with Crippen molar-refractivity contribution in [3.8, 4) is 22.9 Å². The molecule has 0 spiro atoms. The maximum Gasteiger partial charge on any atom is 0.256 e. The molecule has 0 saturated heterocycles. The van der Waals surface area contributed by atoms with Gasteiger partial charge in [-0.2, -0.15) is 0 Å². The van der Waals surface area contributed by atoms with Gasteiger partial charge >= 0.3 is 0 Å². The van der Waals surface area contributed by atoms with Crippen molar-refractivity contribution in [2.45, 2.75) is 0 Å². The molecule has 0 unspecified atom stereocenters. The highest BCUT2D eigenvalue weighted by atomic mass is 127. The van der Waals surface area contributed by atoms with Crippen molar-refractivity contribution < 1.29 is 9.47 Å². The maximum atomic E-state index is 5.29. The third-order valence-corrected chi connectivity index (χ3v) is 9.20. The van der Waals surface area contributed by atoms with E-state index in [-0.39, 0.29) is 0 Å². The predicted octanol–water partition coefficient (Wildman–Crippen LogP) is 9.40. The summed E-state index contributed by atoms with van der Waals surface area (Å²) in [5, 5.41) is 0. The summed E-state index contributed by atoms with van der Waals surface area (Å²) in [4.78, 5) is 20.7. The molecular weight excluding hydrogens is 1000 g/mol. The van der Waals surface area contributed by atoms with Gasteiger partial charge < -0.3 is 19.6 Å². The zero-order valence-corrected chi connectivity index (χ0v) is 34.3. The molecule has 0 bridgehead atoms. The zero-order valence-electron chi connectivity index (χ0n) is 25.8. The predicted molar refractivity (Wildman–Crippen MR) is 214 cm³/mol. The van der Waals surface area contributed by atoms with Crippen LogP contribution in [-0.2, 0) is 0 Å². The summed E-state index contributed by atoms with van der Waals surface area (Å²) < 4.78 is 21.6. The van der Waals surface area contributed by atoms with E-state index in [4.69, 9.17) is 15.2 Å². The van der Waals surface area contributed by atoms with Crippen LogP contribution >= 0.6 is 86.3 Å². The minimum Gasteiger partial charge on any atom is -0.491 e. The van der Waals surface area contributed by atoms with E-state index in [1.165, 1.54) is 0 Å². The van der Waals surface area contributed by atoms with Crippen LogP contribution in [0.25, 0.3) is 28.2 Å². The molecule has 2 N–H and O–H groups in total. The first-order valence-electron chi connectivity index (χ1n) is 14.1. The van der Waals surface area contributed by atoms with E-state index < -0.39 is 0 Å². The molecule has 0 saturated carbocycles. The Labute approximate surface area is 328 Å². The normalized spacial score (nSPS) is 10.4. The van der Waals surface area contributed by atoms with Crippen LogP contribution in [0.1, 0.15) is 0 Å². The minimum atomic E-state index is 0.464. The summed E-state index contributed by atoms with van der Waals surface area (Å²) in [6.07, 6.45) is 16.7. The van der Waals surface area contributed by atoms with Crippen LogP contribution in [0.15, 0.2) is 128 Å². The first-order valence-corrected chi connectivity index (χ1v) is 18.3. The van der Waals surface area contributed by atoms with E-state index in [0.717, 1.165) is 49.8 Å². The lowest BCUT2D eigenvalue weighted by molar-refractivity contribution is 0.343. The molecule has 0 amide bonds. The van der Waals surface area contributed by atoms with Crippen molar-refractivity contribution in [1.82, 2.24) is 38.1 Å². The van der Waals surface area contributed by atoms with Gasteiger partial charge in [0.25, 0.3) is 5.88 Å². The molecule has 0 aliphatic heterocycles. The van der Waals surface area contributed by atoms with Gasteiger partial charge in [-0.1, -0.05) is 0 Å². The highest BCUT2D eigenvalue weighted by Crippen LogP contribution is 2.30. The Balaban J connectivity index is 0.000000137. The van der Waals surface area contributed by atoms with Crippen molar-refractivity contribution in [3.05, 3.63) is 132 Å². The topological polar surface area (TPSA) is 122 Å². The number of nitrogens with two attached hydrogens (primary N) is 1. The third kappa shape index (κ3) is 9.78. The molecule has 8 aromatic heterocycles. The average molecular weight is 1030 g/mol. The second kappa shape index (κ2) is 17.4. The molecule has 0 radical (unpaired) electrons. The Morgan fingerprint density at radius 3 is 1.92 bits per heavy atom. The Morgan fingerprint density at radius 1 is 0.633 bits per heavy atom. The Hall–Kier alpha value is -3.58. The van der Waals surface area contributed by atoms with Gasteiger partial charge in [-0.25, -0.2) is 24.9 Å². The number of rotatable bonds is 3. The number of imidazole rings is 3. The molecular formula is C33H26Br4IN9O2. The summed E-state index contributed by atoms with van der Waals surface area (Å²) in [5.74, 6) is 1.61. The number of methoxy groups -OCH3 is 2. The number of aromatic nitrogens is 8. The fraction of sp³-hybridized carbons (Fsp3) is 0.0606. The first-order chi connectivity index (χ1) is 23.6. The van der Waals surface area contributed by atoms with Gasteiger partial charge in [0.1, 0.15) is 26.5 Å². The molecule has 49 heavy (non-hydrogen) atoms. The standard InChI is InChI=1S/C14H12BrN3O2.C7H4BrIN2.C7H5BrN2.C5H5BrN2/c1-19-12-5-9(6-17-14(12)20-2)11-7-16-13-4-3-10(15)8-18(11)13;8-5-1-2-7-10-3-6(9)11(7)4-5;8-6-1-2-7-9-3-4-10(7)5-6;6-4-1-2-5(7)8-3-4/h3-8H,1-2H3;1-4H;1-5H;1-3H,(H2,7,8). The van der Waals surface area contributed by atoms with E-state index in [2.05, 4.69) is 111 Å². The number of pyridine rings is 5. The monoisotopic (exact) mass is 1020 g/mol. The van der Waals surface area contributed by atoms with Gasteiger partial charge in [-0.05, 0) is 141 Å². The van der Waals surface area contributed by atoms with Crippen molar-refractivity contribution in [3.63, 3.8) is 0 Å². The van der Waals surface area contributed by atoms with Crippen LogP contribution in [0.5, 0.6) is 11.6 Å². The van der Waals surface area contributed by atoms with Crippen LogP contribution in [0.3, 0.4) is 0 Å². The van der Waals surface area contributed by atoms with Gasteiger partial charge in [0.2, 0.25) is 0 Å². The number of halogens is 5. The lowest BCUT2D eigenvalue weighted by atomic mass is 10.2. The highest BCUT2D eigenvalue weighted by Gasteiger charge is 2.11. The van der Waals surface area contributed by atoms with Gasteiger partial charge in [0.05, 0.1) is 32.3 Å². The average Bonchev–Trinajstić information content (AvgIpc) is 3.85. The molecule has 11 nitrogen and oxygen atoms in total. The van der Waals surface area contributed by atoms with Gasteiger partial charge in [-0.15, -0.1) is 0 Å². The number of nitrogens with zero attached hydrogens (tertiary/aromatic N) is 8. The zero-order chi connectivity index (χ0) is 34.9. The Morgan fingerprint density at radius 2 is 1.27 bits per heavy atom. The maximum absolute atomic E-state index is 5.29. The van der Waals surface area contributed by atoms with Crippen LogP contribution in [-0.4, -0.2) is 52.3 Å². The van der Waals surface area contributed by atoms with Crippen molar-refractivity contribution in [2.24, 2.45) is 0 Å². The van der Waals surface area contributed by atoms with E-state index >= 15 is 0 Å². The van der Waals surface area contributed by atoms with Crippen LogP contribution in [0.4, 0.5) is 5.82 Å². The summed E-state index contributed by atoms with van der Waals surface area (Å²) >= 11 is 15.7. The lowest BCUT2D eigenvalue weighted by Gasteiger charge is -2.08. The number of ether oxygens (including phenoxy) is 2. The van der Waals surface area contributed by atoms with Crippen molar-refractivity contribution in [1.29, 1.82) is 0 Å². The summed E-state index contributed by atoms with van der Waals surface area (Å²) in [7, 11) is 3.16. The second-order valence-electron chi connectivity index (χ2n) is 9.75. The summed E-state index contributed by atoms with van der Waals surface area (Å²) in [5.41, 5.74) is 9.98. The molecule has 16 heteroatoms. The van der Waals surface area contributed by atoms with E-state index in [1.807, 2.05) is 98.9 Å². The molecule has 0 aliphatic rings. The number of hydrogen-bond donors (Lipinski definition) is 1. The second-order valence-corrected chi connectivity index (χ2v) is 14.5. The highest BCUT2D eigenvalue weighted by molar-refractivity contribution is 14.1. The largest absolute Gasteiger partial charge is 0.491 e. The molecule has 0 aromatic carbocycles. The third-order valence-electron chi connectivity index (χ3n) is 6.52. The number of fused-ring (bicyclic) bond motifs is 3. The molecule has 8 aromatic rings. The molecule has 0 fully saturated rings. The van der Waals surface area contributed by atoms with Gasteiger partial charge in [0, 0.05) is 66.8 Å². The van der Waals surface area contributed by atoms with Gasteiger partial charge in [-0.3, -0.25) is 8.80 Å². The molecule has 8 heterocycles. The van der Waals surface area contributed by atoms with Gasteiger partial charge in [0.15, 0.2) is 5.75 Å². The smallest absolute Gasteiger partial charge is 0.256 e. The minimum absolute atomic E-state index is 0.464. The van der Waals surface area contributed by atoms with E-state index in [9.17, 15) is 0 Å². The number of nitrogen functional groups attached to an aromatic ring is 1. The first kappa shape index (κ1) is 36.7. The molecule has 250 valence electrons. The molecule has 0 aliphatic carbocycles. The molecule has 0 atom stereocenters. The SMILES string of the molecule is Brc1ccc2ncc(I)n2c1.Brc1ccc2nccn2c1.COc1cc(-c2cnc3ccc(Br)cn23)cnc1OC.Nc1ccc(Br)cn1. The quantitative estimate of drug-likeness (QED) is 0.174. The van der Waals surface area contributed by atoms with Crippen molar-refractivity contribution in [2.75, 3.05) is 20.0 Å². The molecule has 8 rings (SSSR count). The van der Waals surface area contributed by atoms with E-state index in [0.29, 0.717) is 17.4 Å². The van der Waals surface area contributed by atoms with E-state index in [1.54, 1.807) is 38.9 Å². The lowest BCUT2D eigenvalue weighted by Crippen LogP contribution is -1.95. The number of hydrogen-bond acceptors (Lipinski definition) is 8. The fourth-order valence-electron chi connectivity index (χ4n) is 4.24. The van der Waals surface area contributed by atoms with Crippen LogP contribution < -0.4 is 15.2 Å². The van der Waals surface area contributed by atoms with Crippen molar-refractivity contribution >= 4 is 109 Å². The number of anilines is 1. The Bertz CT molecular complexity index is 2290. The summed E-state index contributed by atoms with van der Waals surface area (Å²) in [6, 6.07) is 17.3.